The second-order valence-electron chi connectivity index (χ2n) is 28.2. The summed E-state index contributed by atoms with van der Waals surface area (Å²) >= 11 is 26.7. The minimum Gasteiger partial charge on any atom is -0.478 e. The molecule has 0 spiro atoms. The van der Waals surface area contributed by atoms with Crippen LogP contribution in [0.25, 0.3) is 77.9 Å². The van der Waals surface area contributed by atoms with Gasteiger partial charge in [0.2, 0.25) is 5.91 Å². The number of benzene rings is 7. The smallest absolute Gasteiger partial charge is 0.342 e. The first-order valence-electron chi connectivity index (χ1n) is 39.4. The molecule has 7 aromatic heterocycles. The number of aliphatic hydroxyl groups excluding tert-OH is 2. The molecule has 7 heterocycles. The summed E-state index contributed by atoms with van der Waals surface area (Å²) in [4.78, 5) is 104. The maximum absolute atomic E-state index is 12.9. The zero-order chi connectivity index (χ0) is 96.9. The van der Waals surface area contributed by atoms with Crippen molar-refractivity contribution in [2.45, 2.75) is 74.7 Å². The van der Waals surface area contributed by atoms with Crippen molar-refractivity contribution < 1.29 is 91.8 Å². The van der Waals surface area contributed by atoms with Gasteiger partial charge in [0.25, 0.3) is 5.69 Å². The number of non-ortho nitro benzene ring substituents is 1. The molecule has 38 heteroatoms. The second kappa shape index (κ2) is 49.9. The maximum Gasteiger partial charge on any atom is 0.342 e. The molecule has 27 nitrogen and oxygen atoms in total. The predicted octanol–water partition coefficient (Wildman–Crippen LogP) is 23.6. The van der Waals surface area contributed by atoms with E-state index in [1.165, 1.54) is 118 Å². The van der Waals surface area contributed by atoms with Crippen molar-refractivity contribution in [3.63, 3.8) is 0 Å². The third-order valence-electron chi connectivity index (χ3n) is 18.2. The molecule has 0 unspecified atom stereocenters. The van der Waals surface area contributed by atoms with Crippen molar-refractivity contribution in [3.8, 4) is 77.9 Å². The summed E-state index contributed by atoms with van der Waals surface area (Å²) in [5, 5.41) is 65.5. The third-order valence-corrected chi connectivity index (χ3v) is 24.8. The van der Waals surface area contributed by atoms with E-state index in [1.807, 2.05) is 92.2 Å². The van der Waals surface area contributed by atoms with E-state index < -0.39 is 46.7 Å². The lowest BCUT2D eigenvalue weighted by molar-refractivity contribution is -0.384. The Morgan fingerprint density at radius 2 is 0.811 bits per heavy atom. The van der Waals surface area contributed by atoms with E-state index in [0.717, 1.165) is 43.8 Å². The fourth-order valence-corrected chi connectivity index (χ4v) is 18.9. The minimum absolute atomic E-state index is 0.00497. The van der Waals surface area contributed by atoms with Crippen LogP contribution in [0.1, 0.15) is 137 Å². The number of amides is 1. The summed E-state index contributed by atoms with van der Waals surface area (Å²) in [6, 6.07) is 48.2. The molecule has 0 aliphatic heterocycles. The summed E-state index contributed by atoms with van der Waals surface area (Å²) in [6.07, 6.45) is -0.232. The van der Waals surface area contributed by atoms with Crippen LogP contribution >= 0.6 is 114 Å². The molecule has 0 saturated carbocycles. The molecule has 14 rings (SSSR count). The molecule has 0 radical (unpaired) electrons. The zero-order valence-corrected chi connectivity index (χ0v) is 80.0. The summed E-state index contributed by atoms with van der Waals surface area (Å²) in [7, 11) is 1.36. The zero-order valence-electron chi connectivity index (χ0n) is 72.0. The summed E-state index contributed by atoms with van der Waals surface area (Å²) in [5.74, 6) is -4.58. The van der Waals surface area contributed by atoms with E-state index in [-0.39, 0.29) is 67.0 Å². The van der Waals surface area contributed by atoms with Crippen LogP contribution in [0.3, 0.4) is 0 Å². The van der Waals surface area contributed by atoms with Gasteiger partial charge >= 0.3 is 41.8 Å². The molecular weight excluding hydrogens is 1890 g/mol. The number of nitrogens with two attached hydrogens (primary N) is 6. The van der Waals surface area contributed by atoms with Gasteiger partial charge in [0.15, 0.2) is 0 Å². The quantitative estimate of drug-likeness (QED) is 0.0123. The number of aromatic carboxylic acids is 2. The van der Waals surface area contributed by atoms with Crippen LogP contribution in [0.4, 0.5) is 45.1 Å². The second-order valence-corrected chi connectivity index (χ2v) is 36.2. The lowest BCUT2D eigenvalue weighted by Gasteiger charge is -2.11. The Labute approximate surface area is 801 Å². The lowest BCUT2D eigenvalue weighted by Crippen LogP contribution is -2.13. The molecule has 0 bridgehead atoms. The van der Waals surface area contributed by atoms with E-state index in [1.54, 1.807) is 134 Å². The highest BCUT2D eigenvalue weighted by Crippen LogP contribution is 2.44. The van der Waals surface area contributed by atoms with Crippen molar-refractivity contribution in [3.05, 3.63) is 288 Å². The van der Waals surface area contributed by atoms with E-state index in [4.69, 9.17) is 98.0 Å². The Bertz CT molecular complexity index is 6350. The van der Waals surface area contributed by atoms with Crippen molar-refractivity contribution in [1.82, 2.24) is 0 Å². The van der Waals surface area contributed by atoms with E-state index in [9.17, 15) is 68.2 Å². The van der Waals surface area contributed by atoms with Crippen molar-refractivity contribution in [1.29, 1.82) is 0 Å². The number of carbonyl (C=O) groups is 8. The number of methoxy groups -OCH3 is 1. The van der Waals surface area contributed by atoms with Crippen LogP contribution in [0, 0.1) is 28.8 Å². The highest BCUT2D eigenvalue weighted by molar-refractivity contribution is 7.18. The summed E-state index contributed by atoms with van der Waals surface area (Å²) in [5.41, 5.74) is 48.6. The number of nitrogens with zero attached hydrogens (tertiary/aromatic N) is 1. The Balaban J connectivity index is 0.000000190. The van der Waals surface area contributed by atoms with Gasteiger partial charge in [-0.15, -0.1) is 79.4 Å². The number of nitrogens with one attached hydrogen (secondary N) is 1. The largest absolute Gasteiger partial charge is 0.478 e. The van der Waals surface area contributed by atoms with Gasteiger partial charge in [-0.25, -0.2) is 38.0 Å². The number of hydrogen-bond acceptors (Lipinski definition) is 30. The number of carbonyl (C=O) groups excluding carboxylic acids is 6. The Hall–Kier alpha value is -12.9. The Morgan fingerprint density at radius 1 is 0.447 bits per heavy atom. The SMILES string of the molecule is CC(=O)Nc1sc(C)c(-c2ccccc2)c1C(=O)O.CC(C)COC(=O)c1c(-c2cc(Cl)cc(Cl)c2)csc1N.CC(C)OC(=O)c1c(-c2ccc(CO)c(CO)c2)csc1N.CCOC(=O)c1c(-c2ccc(F)cc2)csc1N.CCOC(=O)c1c(-c2ccc([N+](=O)[O-])cc2)csc1N.COC(=O)c1c(-c2ccccc2)csc1N.Nc1scc(-c2ccc(Cl)cc2)c1C(=O)O. The molecule has 0 fully saturated rings. The number of carboxylic acid groups (broad SMARTS) is 2. The van der Waals surface area contributed by atoms with Crippen molar-refractivity contribution >= 4 is 203 Å². The monoisotopic (exact) mass is 1980 g/mol. The van der Waals surface area contributed by atoms with E-state index >= 15 is 0 Å². The van der Waals surface area contributed by atoms with Gasteiger partial charge in [-0.1, -0.05) is 146 Å². The van der Waals surface area contributed by atoms with Gasteiger partial charge < -0.3 is 83.8 Å². The molecular formula is C94H90Cl3FN8O19S7. The van der Waals surface area contributed by atoms with Crippen LogP contribution in [0.2, 0.25) is 15.1 Å². The number of aryl methyl sites for hydroxylation is 1. The number of carboxylic acids is 2. The van der Waals surface area contributed by atoms with Gasteiger partial charge in [0.1, 0.15) is 79.8 Å². The molecule has 132 heavy (non-hydrogen) atoms. The molecule has 0 aliphatic rings. The number of thiophene rings is 7. The fraction of sp³-hybridized carbons (Fsp3) is 0.170. The molecule has 0 saturated heterocycles. The number of esters is 5. The number of rotatable bonds is 23. The lowest BCUT2D eigenvalue weighted by atomic mass is 9.98. The number of ether oxygens (including phenoxy) is 5. The summed E-state index contributed by atoms with van der Waals surface area (Å²) in [6.45, 7) is 14.7. The third kappa shape index (κ3) is 28.1. The number of aliphatic hydroxyl groups is 2. The topological polar surface area (TPSA) is 475 Å². The molecule has 690 valence electrons. The Kier molecular flexibility index (Phi) is 39.5. The number of nitro groups is 1. The molecule has 14 aromatic rings. The van der Waals surface area contributed by atoms with E-state index in [2.05, 4.69) is 5.32 Å². The van der Waals surface area contributed by atoms with E-state index in [0.29, 0.717) is 135 Å². The maximum atomic E-state index is 12.9. The van der Waals surface area contributed by atoms with Gasteiger partial charge in [-0.05, 0) is 151 Å². The van der Waals surface area contributed by atoms with Gasteiger partial charge in [-0.2, -0.15) is 0 Å². The summed E-state index contributed by atoms with van der Waals surface area (Å²) < 4.78 is 38.0. The highest BCUT2D eigenvalue weighted by Gasteiger charge is 2.28. The molecule has 0 atom stereocenters. The van der Waals surface area contributed by atoms with Crippen molar-refractivity contribution in [2.75, 3.05) is 66.6 Å². The average molecular weight is 1990 g/mol. The van der Waals surface area contributed by atoms with Gasteiger partial charge in [0, 0.05) is 110 Å². The van der Waals surface area contributed by atoms with Crippen LogP contribution in [-0.4, -0.2) is 106 Å². The van der Waals surface area contributed by atoms with Crippen LogP contribution in [-0.2, 0) is 41.7 Å². The van der Waals surface area contributed by atoms with Crippen LogP contribution < -0.4 is 39.7 Å². The first kappa shape index (κ1) is 104. The first-order chi connectivity index (χ1) is 62.9. The molecule has 0 aliphatic carbocycles. The normalized spacial score (nSPS) is 10.5. The predicted molar refractivity (Wildman–Crippen MR) is 530 cm³/mol. The number of nitrogen functional groups attached to an aromatic ring is 6. The van der Waals surface area contributed by atoms with Gasteiger partial charge in [-0.3, -0.25) is 14.9 Å². The number of halogens is 4. The van der Waals surface area contributed by atoms with Crippen molar-refractivity contribution in [2.24, 2.45) is 5.92 Å². The van der Waals surface area contributed by atoms with Crippen LogP contribution in [0.5, 0.6) is 0 Å². The van der Waals surface area contributed by atoms with Gasteiger partial charge in [0.05, 0.1) is 51.2 Å². The molecule has 1 amide bonds. The number of hydrogen-bond donors (Lipinski definition) is 11. The fourth-order valence-electron chi connectivity index (χ4n) is 12.3. The van der Waals surface area contributed by atoms with Crippen LogP contribution in [0.15, 0.2) is 202 Å². The molecule has 17 N–H and O–H groups in total. The number of anilines is 7. The average Bonchev–Trinajstić information content (AvgIpc) is 1.63. The highest BCUT2D eigenvalue weighted by atomic mass is 35.5. The minimum atomic E-state index is -1.04. The molecule has 7 aromatic carbocycles. The number of nitro benzene ring substituents is 1. The first-order valence-corrected chi connectivity index (χ1v) is 46.7. The Morgan fingerprint density at radius 3 is 1.20 bits per heavy atom. The standard InChI is InChI=1S/C16H19NO4S.C15H15Cl2NO2S.C14H13NO3S.C13H12FNO2S.C13H12N2O4S.C12H11NO2S.C11H8ClNO2S/c1-9(2)21-16(20)14-13(8-22-15(14)17)10-3-4-11(6-18)12(5-10)7-19;1-8(2)6-20-15(19)13-12(7-21-14(13)18)9-3-10(16)5-11(17)4-9;1-8-11(10-6-4-3-5-7-10)12(14(17)18)13(19-8)15-9(2)16;1-2-17-13(16)11-10(7-18-12(11)15)8-3-5-9(14)6-4-8;1-2-19-13(16)11-10(7-20-12(11)14)8-3-5-9(6-4-8)15(17)18;1-15-12(14)10-9(7-16-11(10)13)8-5-3-2-4-6-8;12-7-3-1-6(2-4-7)8-5-16-10(13)9(8)11(14)15/h3-5,8-9,18-19H,6-7,17H2,1-2H3;3-5,7-8H,6,18H2,1-2H3;3-7H,1-2H3,(H,15,16)(H,17,18);3-7H,2,15H2,1H3;3-7H,2,14H2,1H3;2-7H,13H2,1H3;1-5H,13H2,(H,14,15).